The molecule has 36 heavy (non-hydrogen) atoms. The van der Waals surface area contributed by atoms with Crippen LogP contribution in [0.2, 0.25) is 0 Å². The highest BCUT2D eigenvalue weighted by Gasteiger charge is 2.24. The number of benzene rings is 3. The first kappa shape index (κ1) is 26.9. The van der Waals surface area contributed by atoms with Crippen molar-refractivity contribution in [3.63, 3.8) is 0 Å². The largest absolute Gasteiger partial charge is 0.388 e. The molecule has 0 bridgehead atoms. The predicted molar refractivity (Wildman–Crippen MR) is 127 cm³/mol. The maximum Gasteiger partial charge on any atom is 0.316 e. The molecule has 3 aromatic carbocycles. The molecule has 0 radical (unpaired) electrons. The number of rotatable bonds is 7. The molecule has 0 spiro atoms. The molecule has 0 heterocycles. The van der Waals surface area contributed by atoms with Crippen LogP contribution < -0.4 is 16.4 Å². The van der Waals surface area contributed by atoms with Crippen LogP contribution in [0.5, 0.6) is 0 Å². The number of carbonyl (C=O) groups is 1. The first-order chi connectivity index (χ1) is 16.5. The molecule has 0 fully saturated rings. The standard InChI is InChI=1S/C18H17N5O10S3/c1-20-10-2-3-13(14(6-10)21-18(19)24)22-23-15-8-12-9(5-17(15)36(31,32)33)4-11(34(25,26)27)7-16(12)35(28,29)30/h2-8,20H,1H3,(H3,19,21,24)(H,25,26,27)(H,28,29,30)(H,31,32,33)/b23-22+. The average Bonchev–Trinajstić information content (AvgIpc) is 2.74. The second-order valence-electron chi connectivity index (χ2n) is 7.06. The van der Waals surface area contributed by atoms with Crippen molar-refractivity contribution in [3.8, 4) is 0 Å². The van der Waals surface area contributed by atoms with Crippen LogP contribution in [0.15, 0.2) is 67.4 Å². The Balaban J connectivity index is 2.34. The fraction of sp³-hybridized carbons (Fsp3) is 0.0556. The lowest BCUT2D eigenvalue weighted by atomic mass is 10.1. The highest BCUT2D eigenvalue weighted by atomic mass is 32.2. The van der Waals surface area contributed by atoms with Gasteiger partial charge in [-0.15, -0.1) is 10.2 Å². The summed E-state index contributed by atoms with van der Waals surface area (Å²) in [5, 5.41) is 11.9. The number of hydrogen-bond donors (Lipinski definition) is 6. The number of nitrogens with zero attached hydrogens (tertiary/aromatic N) is 2. The number of carbonyl (C=O) groups excluding carboxylic acids is 1. The Morgan fingerprint density at radius 1 is 0.806 bits per heavy atom. The minimum Gasteiger partial charge on any atom is -0.388 e. The number of urea groups is 1. The molecule has 0 aliphatic carbocycles. The van der Waals surface area contributed by atoms with Crippen molar-refractivity contribution in [1.29, 1.82) is 0 Å². The molecule has 18 heteroatoms. The number of azo groups is 1. The van der Waals surface area contributed by atoms with Crippen LogP contribution in [0.25, 0.3) is 10.8 Å². The lowest BCUT2D eigenvalue weighted by Crippen LogP contribution is -2.19. The van der Waals surface area contributed by atoms with E-state index in [4.69, 9.17) is 5.73 Å². The van der Waals surface area contributed by atoms with Gasteiger partial charge in [-0.3, -0.25) is 13.7 Å². The van der Waals surface area contributed by atoms with Crippen molar-refractivity contribution in [2.75, 3.05) is 17.7 Å². The zero-order valence-corrected chi connectivity index (χ0v) is 20.4. The van der Waals surface area contributed by atoms with Gasteiger partial charge in [0.15, 0.2) is 0 Å². The molecule has 3 rings (SSSR count). The number of nitrogens with two attached hydrogens (primary N) is 1. The first-order valence-electron chi connectivity index (χ1n) is 9.35. The van der Waals surface area contributed by atoms with Gasteiger partial charge < -0.3 is 16.4 Å². The predicted octanol–water partition coefficient (Wildman–Crippen LogP) is 2.53. The van der Waals surface area contributed by atoms with Gasteiger partial charge in [-0.25, -0.2) is 4.79 Å². The van der Waals surface area contributed by atoms with E-state index in [9.17, 15) is 43.7 Å². The Kier molecular flexibility index (Phi) is 7.03. The van der Waals surface area contributed by atoms with Gasteiger partial charge in [-0.05, 0) is 47.9 Å². The molecule has 0 aliphatic heterocycles. The molecule has 7 N–H and O–H groups in total. The maximum atomic E-state index is 12.0. The van der Waals surface area contributed by atoms with E-state index in [1.807, 2.05) is 0 Å². The minimum atomic E-state index is -5.10. The van der Waals surface area contributed by atoms with E-state index >= 15 is 0 Å². The first-order valence-corrected chi connectivity index (χ1v) is 13.7. The molecule has 0 atom stereocenters. The van der Waals surface area contributed by atoms with E-state index in [-0.39, 0.29) is 11.4 Å². The monoisotopic (exact) mass is 559 g/mol. The third-order valence-corrected chi connectivity index (χ3v) is 7.24. The smallest absolute Gasteiger partial charge is 0.316 e. The molecule has 3 aromatic rings. The third-order valence-electron chi connectivity index (χ3n) is 4.63. The van der Waals surface area contributed by atoms with Crippen molar-refractivity contribution < 1.29 is 43.7 Å². The summed E-state index contributed by atoms with van der Waals surface area (Å²) in [6, 6.07) is 6.03. The van der Waals surface area contributed by atoms with Gasteiger partial charge in [0, 0.05) is 18.1 Å². The maximum absolute atomic E-state index is 12.0. The van der Waals surface area contributed by atoms with Gasteiger partial charge in [-0.2, -0.15) is 25.3 Å². The van der Waals surface area contributed by atoms with Crippen LogP contribution in [0.4, 0.5) is 27.5 Å². The van der Waals surface area contributed by atoms with E-state index in [0.717, 1.165) is 12.1 Å². The quantitative estimate of drug-likeness (QED) is 0.181. The Labute approximate surface area is 204 Å². The van der Waals surface area contributed by atoms with Gasteiger partial charge in [-0.1, -0.05) is 0 Å². The normalized spacial score (nSPS) is 12.7. The number of fused-ring (bicyclic) bond motifs is 1. The van der Waals surface area contributed by atoms with Crippen LogP contribution in [0.1, 0.15) is 0 Å². The summed E-state index contributed by atoms with van der Waals surface area (Å²) in [6.45, 7) is 0. The van der Waals surface area contributed by atoms with Crippen molar-refractivity contribution in [1.82, 2.24) is 0 Å². The molecule has 192 valence electrons. The van der Waals surface area contributed by atoms with E-state index < -0.39 is 67.5 Å². The Bertz CT molecular complexity index is 1750. The highest BCUT2D eigenvalue weighted by Crippen LogP contribution is 2.37. The van der Waals surface area contributed by atoms with Gasteiger partial charge in [0.25, 0.3) is 30.4 Å². The summed E-state index contributed by atoms with van der Waals surface area (Å²) < 4.78 is 99.5. The second-order valence-corrected chi connectivity index (χ2v) is 11.3. The van der Waals surface area contributed by atoms with E-state index in [2.05, 4.69) is 20.9 Å². The lowest BCUT2D eigenvalue weighted by molar-refractivity contribution is 0.259. The molecule has 15 nitrogen and oxygen atoms in total. The molecule has 0 saturated heterocycles. The van der Waals surface area contributed by atoms with E-state index in [1.165, 1.54) is 18.2 Å². The Morgan fingerprint density at radius 2 is 1.42 bits per heavy atom. The van der Waals surface area contributed by atoms with Crippen molar-refractivity contribution >= 4 is 69.9 Å². The SMILES string of the molecule is CNc1ccc(/N=N/c2cc3c(S(=O)(=O)O)cc(S(=O)(=O)O)cc3cc2S(=O)(=O)O)c(NC(N)=O)c1. The summed E-state index contributed by atoms with van der Waals surface area (Å²) in [5.74, 6) is 0. The summed E-state index contributed by atoms with van der Waals surface area (Å²) in [5.41, 5.74) is 5.10. The third kappa shape index (κ3) is 5.93. The summed E-state index contributed by atoms with van der Waals surface area (Å²) in [4.78, 5) is 8.44. The summed E-state index contributed by atoms with van der Waals surface area (Å²) in [6.07, 6.45) is 0. The highest BCUT2D eigenvalue weighted by molar-refractivity contribution is 7.87. The zero-order valence-electron chi connectivity index (χ0n) is 17.9. The topological polar surface area (TPSA) is 255 Å². The van der Waals surface area contributed by atoms with Crippen LogP contribution >= 0.6 is 0 Å². The zero-order chi connectivity index (χ0) is 27.1. The van der Waals surface area contributed by atoms with Crippen LogP contribution in [0.3, 0.4) is 0 Å². The Morgan fingerprint density at radius 3 is 1.94 bits per heavy atom. The number of amides is 2. The van der Waals surface area contributed by atoms with Crippen LogP contribution in [0, 0.1) is 0 Å². The summed E-state index contributed by atoms with van der Waals surface area (Å²) >= 11 is 0. The van der Waals surface area contributed by atoms with Gasteiger partial charge in [0.1, 0.15) is 21.2 Å². The number of nitrogens with one attached hydrogen (secondary N) is 2. The fourth-order valence-corrected chi connectivity index (χ4v) is 5.07. The molecule has 0 aliphatic rings. The van der Waals surface area contributed by atoms with Crippen LogP contribution in [-0.4, -0.2) is 52.0 Å². The second kappa shape index (κ2) is 9.41. The van der Waals surface area contributed by atoms with Crippen molar-refractivity contribution in [2.45, 2.75) is 14.7 Å². The van der Waals surface area contributed by atoms with Crippen molar-refractivity contribution in [3.05, 3.63) is 42.5 Å². The number of hydrogen-bond acceptors (Lipinski definition) is 10. The van der Waals surface area contributed by atoms with Gasteiger partial charge >= 0.3 is 6.03 Å². The molecule has 0 unspecified atom stereocenters. The van der Waals surface area contributed by atoms with Gasteiger partial charge in [0.05, 0.1) is 10.6 Å². The molecule has 2 amide bonds. The van der Waals surface area contributed by atoms with Gasteiger partial charge in [0.2, 0.25) is 0 Å². The number of primary amides is 1. The average molecular weight is 560 g/mol. The van der Waals surface area contributed by atoms with E-state index in [1.54, 1.807) is 7.05 Å². The number of anilines is 2. The Hall–Kier alpha value is -3.68. The molecule has 0 saturated carbocycles. The minimum absolute atomic E-state index is 0.0223. The lowest BCUT2D eigenvalue weighted by Gasteiger charge is -2.11. The fourth-order valence-electron chi connectivity index (χ4n) is 3.09. The van der Waals surface area contributed by atoms with E-state index in [0.29, 0.717) is 17.8 Å². The molecule has 0 aromatic heterocycles. The molecular formula is C18H17N5O10S3. The summed E-state index contributed by atoms with van der Waals surface area (Å²) in [7, 11) is -13.5. The molecular weight excluding hydrogens is 542 g/mol. The van der Waals surface area contributed by atoms with Crippen LogP contribution in [-0.2, 0) is 30.4 Å². The van der Waals surface area contributed by atoms with Crippen molar-refractivity contribution in [2.24, 2.45) is 16.0 Å².